The molecule has 4 heteroatoms. The summed E-state index contributed by atoms with van der Waals surface area (Å²) in [6.07, 6.45) is 3.63. The lowest BCUT2D eigenvalue weighted by atomic mass is 10.1. The van der Waals surface area contributed by atoms with Gasteiger partial charge in [-0.25, -0.2) is 0 Å². The van der Waals surface area contributed by atoms with Gasteiger partial charge in [0.2, 0.25) is 0 Å². The third-order valence-electron chi connectivity index (χ3n) is 3.63. The minimum atomic E-state index is 0.108. The number of para-hydroxylation sites is 1. The van der Waals surface area contributed by atoms with Crippen molar-refractivity contribution < 1.29 is 0 Å². The van der Waals surface area contributed by atoms with Gasteiger partial charge in [-0.15, -0.1) is 0 Å². The Bertz CT molecular complexity index is 951. The molecule has 0 aliphatic carbocycles. The summed E-state index contributed by atoms with van der Waals surface area (Å²) >= 11 is 3.44. The molecule has 0 unspecified atom stereocenters. The van der Waals surface area contributed by atoms with Crippen LogP contribution in [0.4, 0.5) is 0 Å². The summed E-state index contributed by atoms with van der Waals surface area (Å²) < 4.78 is 3.19. The monoisotopic (exact) mass is 361 g/mol. The van der Waals surface area contributed by atoms with Gasteiger partial charge in [-0.1, -0.05) is 46.3 Å². The smallest absolute Gasteiger partial charge is 0.130 e. The zero-order valence-electron chi connectivity index (χ0n) is 12.2. The van der Waals surface area contributed by atoms with Crippen molar-refractivity contribution in [2.24, 2.45) is 0 Å². The first-order chi connectivity index (χ1) is 11.2. The second-order valence-electron chi connectivity index (χ2n) is 5.14. The van der Waals surface area contributed by atoms with Crippen LogP contribution in [0, 0.1) is 22.7 Å². The molecule has 23 heavy (non-hydrogen) atoms. The summed E-state index contributed by atoms with van der Waals surface area (Å²) in [7, 11) is 0. The van der Waals surface area contributed by atoms with Crippen molar-refractivity contribution in [3.63, 3.8) is 0 Å². The van der Waals surface area contributed by atoms with Gasteiger partial charge in [0.25, 0.3) is 0 Å². The Balaban J connectivity index is 2.08. The minimum absolute atomic E-state index is 0.108. The van der Waals surface area contributed by atoms with Crippen LogP contribution in [0.25, 0.3) is 17.0 Å². The highest BCUT2D eigenvalue weighted by molar-refractivity contribution is 9.10. The van der Waals surface area contributed by atoms with E-state index >= 15 is 0 Å². The molecule has 0 fully saturated rings. The van der Waals surface area contributed by atoms with Gasteiger partial charge in [-0.2, -0.15) is 10.5 Å². The van der Waals surface area contributed by atoms with E-state index < -0.39 is 0 Å². The first-order valence-corrected chi connectivity index (χ1v) is 7.85. The Morgan fingerprint density at radius 1 is 1.04 bits per heavy atom. The molecule has 3 aromatic rings. The number of fused-ring (bicyclic) bond motifs is 1. The largest absolute Gasteiger partial charge is 0.342 e. The van der Waals surface area contributed by atoms with Crippen molar-refractivity contribution >= 4 is 32.9 Å². The third-order valence-corrected chi connectivity index (χ3v) is 4.15. The number of aromatic nitrogens is 1. The van der Waals surface area contributed by atoms with Gasteiger partial charge in [0, 0.05) is 33.7 Å². The molecule has 0 bridgehead atoms. The maximum Gasteiger partial charge on any atom is 0.130 e. The Morgan fingerprint density at radius 3 is 2.43 bits per heavy atom. The molecule has 0 aliphatic heterocycles. The lowest BCUT2D eigenvalue weighted by Crippen LogP contribution is -1.97. The first-order valence-electron chi connectivity index (χ1n) is 7.05. The molecule has 0 atom stereocenters. The summed E-state index contributed by atoms with van der Waals surface area (Å²) in [5.74, 6) is 0. The Morgan fingerprint density at radius 2 is 1.74 bits per heavy atom. The fourth-order valence-electron chi connectivity index (χ4n) is 2.55. The van der Waals surface area contributed by atoms with Crippen LogP contribution in [0.2, 0.25) is 0 Å². The fourth-order valence-corrected chi connectivity index (χ4v) is 2.82. The molecular formula is C19H12BrN3. The summed E-state index contributed by atoms with van der Waals surface area (Å²) in [5.41, 5.74) is 3.26. The molecule has 0 saturated carbocycles. The number of rotatable bonds is 3. The van der Waals surface area contributed by atoms with Crippen LogP contribution in [-0.4, -0.2) is 4.57 Å². The third kappa shape index (κ3) is 3.18. The topological polar surface area (TPSA) is 52.5 Å². The number of hydrogen-bond acceptors (Lipinski definition) is 2. The average molecular weight is 362 g/mol. The Kier molecular flexibility index (Phi) is 4.28. The van der Waals surface area contributed by atoms with Gasteiger partial charge in [-0.05, 0) is 29.8 Å². The second-order valence-corrected chi connectivity index (χ2v) is 6.05. The molecule has 1 heterocycles. The molecule has 3 rings (SSSR count). The van der Waals surface area contributed by atoms with Crippen LogP contribution in [0.15, 0.2) is 64.8 Å². The highest BCUT2D eigenvalue weighted by atomic mass is 79.9. The quantitative estimate of drug-likeness (QED) is 0.624. The fraction of sp³-hybridized carbons (Fsp3) is 0.0526. The van der Waals surface area contributed by atoms with E-state index in [1.54, 1.807) is 6.08 Å². The van der Waals surface area contributed by atoms with Crippen molar-refractivity contribution in [1.29, 1.82) is 10.5 Å². The van der Waals surface area contributed by atoms with E-state index in [9.17, 15) is 0 Å². The molecule has 0 spiro atoms. The molecule has 3 nitrogen and oxygen atoms in total. The summed E-state index contributed by atoms with van der Waals surface area (Å²) in [6.45, 7) is 0.732. The molecule has 110 valence electrons. The second kappa shape index (κ2) is 6.52. The van der Waals surface area contributed by atoms with Crippen molar-refractivity contribution in [2.75, 3.05) is 0 Å². The van der Waals surface area contributed by atoms with Gasteiger partial charge < -0.3 is 4.57 Å². The molecule has 2 aromatic carbocycles. The van der Waals surface area contributed by atoms with E-state index in [4.69, 9.17) is 10.5 Å². The Labute approximate surface area is 142 Å². The summed E-state index contributed by atoms with van der Waals surface area (Å²) in [4.78, 5) is 0. The standard InChI is InChI=1S/C19H12BrN3/c20-17-7-5-14(6-8-17)12-23-13-16(9-15(10-21)11-22)18-3-1-2-4-19(18)23/h1-9,13H,12H2. The van der Waals surface area contributed by atoms with E-state index in [-0.39, 0.29) is 5.57 Å². The molecule has 1 aromatic heterocycles. The molecule has 0 N–H and O–H groups in total. The van der Waals surface area contributed by atoms with Gasteiger partial charge >= 0.3 is 0 Å². The number of benzene rings is 2. The minimum Gasteiger partial charge on any atom is -0.342 e. The number of hydrogen-bond donors (Lipinski definition) is 0. The van der Waals surface area contributed by atoms with Gasteiger partial charge in [0.05, 0.1) is 0 Å². The van der Waals surface area contributed by atoms with E-state index in [0.717, 1.165) is 27.5 Å². The van der Waals surface area contributed by atoms with Crippen LogP contribution in [0.1, 0.15) is 11.1 Å². The van der Waals surface area contributed by atoms with Gasteiger partial charge in [0.1, 0.15) is 17.7 Å². The molecule has 0 aliphatic rings. The van der Waals surface area contributed by atoms with Crippen LogP contribution in [0.5, 0.6) is 0 Å². The lowest BCUT2D eigenvalue weighted by molar-refractivity contribution is 0.836. The number of nitriles is 2. The van der Waals surface area contributed by atoms with E-state index in [0.29, 0.717) is 0 Å². The number of nitrogens with zero attached hydrogens (tertiary/aromatic N) is 3. The lowest BCUT2D eigenvalue weighted by Gasteiger charge is -2.05. The van der Waals surface area contributed by atoms with Crippen molar-refractivity contribution in [3.8, 4) is 12.1 Å². The Hall–Kier alpha value is -2.82. The molecule has 0 radical (unpaired) electrons. The average Bonchev–Trinajstić information content (AvgIpc) is 2.92. The SMILES string of the molecule is N#CC(C#N)=Cc1cn(Cc2ccc(Br)cc2)c2ccccc12. The predicted octanol–water partition coefficient (Wildman–Crippen LogP) is 4.88. The highest BCUT2D eigenvalue weighted by Gasteiger charge is 2.08. The maximum atomic E-state index is 8.98. The predicted molar refractivity (Wildman–Crippen MR) is 94.4 cm³/mol. The van der Waals surface area contributed by atoms with Crippen molar-refractivity contribution in [1.82, 2.24) is 4.57 Å². The highest BCUT2D eigenvalue weighted by Crippen LogP contribution is 2.24. The van der Waals surface area contributed by atoms with E-state index in [1.807, 2.05) is 54.7 Å². The zero-order valence-corrected chi connectivity index (χ0v) is 13.8. The van der Waals surface area contributed by atoms with E-state index in [2.05, 4.69) is 32.6 Å². The van der Waals surface area contributed by atoms with Crippen LogP contribution >= 0.6 is 15.9 Å². The van der Waals surface area contributed by atoms with Crippen molar-refractivity contribution in [2.45, 2.75) is 6.54 Å². The summed E-state index contributed by atoms with van der Waals surface area (Å²) in [5, 5.41) is 19.0. The van der Waals surface area contributed by atoms with Gasteiger partial charge in [-0.3, -0.25) is 0 Å². The molecule has 0 amide bonds. The first kappa shape index (κ1) is 15.1. The number of allylic oxidation sites excluding steroid dienone is 1. The van der Waals surface area contributed by atoms with Crippen molar-refractivity contribution in [3.05, 3.63) is 75.9 Å². The zero-order chi connectivity index (χ0) is 16.2. The number of halogens is 1. The normalized spacial score (nSPS) is 10.0. The molecule has 0 saturated heterocycles. The summed E-state index contributed by atoms with van der Waals surface area (Å²) in [6, 6.07) is 20.0. The maximum absolute atomic E-state index is 8.98. The van der Waals surface area contributed by atoms with Crippen LogP contribution in [0.3, 0.4) is 0 Å². The molecular weight excluding hydrogens is 350 g/mol. The van der Waals surface area contributed by atoms with Crippen LogP contribution < -0.4 is 0 Å². The van der Waals surface area contributed by atoms with Crippen LogP contribution in [-0.2, 0) is 6.54 Å². The van der Waals surface area contributed by atoms with Gasteiger partial charge in [0.15, 0.2) is 0 Å². The van der Waals surface area contributed by atoms with E-state index in [1.165, 1.54) is 5.56 Å².